The van der Waals surface area contributed by atoms with Crippen LogP contribution in [0.5, 0.6) is 0 Å². The van der Waals surface area contributed by atoms with Crippen molar-refractivity contribution in [2.45, 2.75) is 33.0 Å². The van der Waals surface area contributed by atoms with Crippen molar-refractivity contribution in [1.82, 2.24) is 24.9 Å². The molecule has 3 aliphatic rings. The summed E-state index contributed by atoms with van der Waals surface area (Å²) >= 11 is 3.59. The molecule has 31 heavy (non-hydrogen) atoms. The maximum atomic E-state index is 12.6. The summed E-state index contributed by atoms with van der Waals surface area (Å²) in [5, 5.41) is 6.50. The average molecular weight is 488 g/mol. The molecule has 0 bridgehead atoms. The van der Waals surface area contributed by atoms with Gasteiger partial charge in [-0.2, -0.15) is 0 Å². The molecule has 0 spiro atoms. The molecule has 2 N–H and O–H groups in total. The van der Waals surface area contributed by atoms with Gasteiger partial charge in [-0.3, -0.25) is 29.3 Å². The molecule has 1 aliphatic carbocycles. The van der Waals surface area contributed by atoms with Crippen LogP contribution in [0.1, 0.15) is 28.8 Å². The molecule has 1 aromatic carbocycles. The number of amides is 2. The summed E-state index contributed by atoms with van der Waals surface area (Å²) in [6.45, 7) is 7.47. The summed E-state index contributed by atoms with van der Waals surface area (Å²) in [5.74, 6) is -0.467. The van der Waals surface area contributed by atoms with Crippen LogP contribution in [0.3, 0.4) is 0 Å². The van der Waals surface area contributed by atoms with Gasteiger partial charge in [0.1, 0.15) is 0 Å². The van der Waals surface area contributed by atoms with Crippen molar-refractivity contribution < 1.29 is 9.59 Å². The molecule has 2 saturated heterocycles. The van der Waals surface area contributed by atoms with Gasteiger partial charge in [0.25, 0.3) is 5.56 Å². The lowest BCUT2D eigenvalue weighted by Crippen LogP contribution is -2.43. The van der Waals surface area contributed by atoms with Gasteiger partial charge in [-0.15, -0.1) is 0 Å². The van der Waals surface area contributed by atoms with E-state index in [0.29, 0.717) is 18.7 Å². The summed E-state index contributed by atoms with van der Waals surface area (Å²) in [5.41, 5.74) is 3.93. The molecular weight excluding hydrogens is 462 g/mol. The number of piperidine rings is 1. The van der Waals surface area contributed by atoms with Gasteiger partial charge in [0, 0.05) is 43.3 Å². The molecule has 2 aromatic rings. The average Bonchev–Trinajstić information content (AvgIpc) is 3.41. The second-order valence-electron chi connectivity index (χ2n) is 8.80. The van der Waals surface area contributed by atoms with E-state index in [0.717, 1.165) is 42.8 Å². The second kappa shape index (κ2) is 8.03. The van der Waals surface area contributed by atoms with Crippen molar-refractivity contribution in [2.24, 2.45) is 11.8 Å². The quantitative estimate of drug-likeness (QED) is 0.597. The first-order valence-corrected chi connectivity index (χ1v) is 11.5. The van der Waals surface area contributed by atoms with Crippen molar-refractivity contribution in [3.8, 4) is 0 Å². The summed E-state index contributed by atoms with van der Waals surface area (Å²) in [6.07, 6.45) is 0.684. The van der Waals surface area contributed by atoms with Crippen LogP contribution in [0.2, 0.25) is 0 Å². The number of carbonyl (C=O) groups is 2. The van der Waals surface area contributed by atoms with Crippen molar-refractivity contribution in [3.05, 3.63) is 55.4 Å². The fraction of sp³-hybridized carbons (Fsp3) is 0.500. The van der Waals surface area contributed by atoms with E-state index < -0.39 is 0 Å². The molecule has 8 nitrogen and oxygen atoms in total. The van der Waals surface area contributed by atoms with Crippen LogP contribution >= 0.6 is 15.9 Å². The first-order chi connectivity index (χ1) is 14.9. The van der Waals surface area contributed by atoms with Gasteiger partial charge < -0.3 is 5.32 Å². The van der Waals surface area contributed by atoms with E-state index in [4.69, 9.17) is 0 Å². The fourth-order valence-electron chi connectivity index (χ4n) is 4.74. The van der Waals surface area contributed by atoms with Crippen LogP contribution in [-0.4, -0.2) is 57.6 Å². The number of carbonyl (C=O) groups excluding carboxylic acids is 2. The monoisotopic (exact) mass is 487 g/mol. The number of aromatic amines is 1. The smallest absolute Gasteiger partial charge is 0.267 e. The number of benzene rings is 1. The molecule has 1 saturated carbocycles. The van der Waals surface area contributed by atoms with Gasteiger partial charge in [0.2, 0.25) is 11.8 Å². The molecule has 3 fully saturated rings. The first-order valence-electron chi connectivity index (χ1n) is 10.8. The van der Waals surface area contributed by atoms with Crippen molar-refractivity contribution in [1.29, 1.82) is 0 Å². The van der Waals surface area contributed by atoms with Gasteiger partial charge in [-0.25, -0.2) is 4.68 Å². The highest BCUT2D eigenvalue weighted by atomic mass is 79.9. The third-order valence-corrected chi connectivity index (χ3v) is 7.04. The molecule has 2 aliphatic heterocycles. The number of aryl methyl sites for hydroxylation is 1. The highest BCUT2D eigenvalue weighted by Crippen LogP contribution is 2.47. The molecule has 1 aromatic heterocycles. The number of halogens is 1. The van der Waals surface area contributed by atoms with Gasteiger partial charge in [0.15, 0.2) is 0 Å². The molecule has 0 radical (unpaired) electrons. The number of hydrogen-bond acceptors (Lipinski definition) is 5. The number of fused-ring (bicyclic) bond motifs is 1. The number of nitrogens with one attached hydrogen (secondary N) is 2. The number of hydrogen-bond donors (Lipinski definition) is 2. The predicted octanol–water partition coefficient (Wildman–Crippen LogP) is 1.21. The van der Waals surface area contributed by atoms with E-state index in [9.17, 15) is 14.4 Å². The van der Waals surface area contributed by atoms with Crippen LogP contribution in [0.25, 0.3) is 0 Å². The van der Waals surface area contributed by atoms with E-state index in [1.54, 1.807) is 4.68 Å². The number of imide groups is 1. The van der Waals surface area contributed by atoms with E-state index in [1.807, 2.05) is 0 Å². The largest absolute Gasteiger partial charge is 0.314 e. The van der Waals surface area contributed by atoms with E-state index >= 15 is 0 Å². The van der Waals surface area contributed by atoms with Gasteiger partial charge in [-0.05, 0) is 42.2 Å². The lowest BCUT2D eigenvalue weighted by atomic mass is 10.0. The van der Waals surface area contributed by atoms with Crippen LogP contribution in [0.15, 0.2) is 27.5 Å². The Hall–Kier alpha value is -2.23. The zero-order valence-corrected chi connectivity index (χ0v) is 19.1. The van der Waals surface area contributed by atoms with Gasteiger partial charge >= 0.3 is 0 Å². The SMILES string of the molecule is Cc1cc(Br)cc(Cn2[nH]c(CN3C(=O)C4CC4C3=O)cc2=O)c1CN1CCNCC1. The molecule has 9 heteroatoms. The fourth-order valence-corrected chi connectivity index (χ4v) is 5.35. The molecule has 2 atom stereocenters. The molecular formula is C22H26BrN5O3. The number of rotatable bonds is 6. The Bertz CT molecular complexity index is 1080. The predicted molar refractivity (Wildman–Crippen MR) is 118 cm³/mol. The van der Waals surface area contributed by atoms with Gasteiger partial charge in [-0.1, -0.05) is 15.9 Å². The highest BCUT2D eigenvalue weighted by Gasteiger charge is 2.58. The summed E-state index contributed by atoms with van der Waals surface area (Å²) in [4.78, 5) is 40.8. The normalized spacial score (nSPS) is 23.5. The highest BCUT2D eigenvalue weighted by molar-refractivity contribution is 9.10. The third kappa shape index (κ3) is 4.02. The first kappa shape index (κ1) is 20.7. The van der Waals surface area contributed by atoms with Gasteiger partial charge in [0.05, 0.1) is 30.6 Å². The van der Waals surface area contributed by atoms with Crippen LogP contribution in [-0.2, 0) is 29.2 Å². The molecule has 164 valence electrons. The number of aromatic nitrogens is 2. The van der Waals surface area contributed by atoms with E-state index in [1.165, 1.54) is 22.1 Å². The Morgan fingerprint density at radius 2 is 1.71 bits per heavy atom. The zero-order chi connectivity index (χ0) is 21.7. The second-order valence-corrected chi connectivity index (χ2v) is 9.72. The zero-order valence-electron chi connectivity index (χ0n) is 17.5. The number of H-pyrrole nitrogens is 1. The Balaban J connectivity index is 1.36. The maximum Gasteiger partial charge on any atom is 0.267 e. The number of likely N-dealkylation sites (tertiary alicyclic amines) is 1. The van der Waals surface area contributed by atoms with Crippen molar-refractivity contribution in [2.75, 3.05) is 26.2 Å². The molecule has 2 amide bonds. The Kier molecular flexibility index (Phi) is 5.35. The Morgan fingerprint density at radius 3 is 2.42 bits per heavy atom. The topological polar surface area (TPSA) is 90.4 Å². The van der Waals surface area contributed by atoms with Crippen molar-refractivity contribution in [3.63, 3.8) is 0 Å². The standard InChI is InChI=1S/C22H26BrN5O3/c1-13-6-15(23)7-14(19(13)12-26-4-2-24-3-5-26)10-28-20(29)8-16(25-28)11-27-21(30)17-9-18(17)22(27)31/h6-8,17-18,24-25H,2-5,9-12H2,1H3. The molecule has 5 rings (SSSR count). The minimum Gasteiger partial charge on any atom is -0.314 e. The van der Waals surface area contributed by atoms with E-state index in [2.05, 4.69) is 50.3 Å². The van der Waals surface area contributed by atoms with E-state index in [-0.39, 0.29) is 35.8 Å². The lowest BCUT2D eigenvalue weighted by Gasteiger charge is -2.29. The number of nitrogens with zero attached hydrogens (tertiary/aromatic N) is 3. The Labute approximate surface area is 188 Å². The Morgan fingerprint density at radius 1 is 1.00 bits per heavy atom. The number of piperazine rings is 1. The molecule has 3 heterocycles. The third-order valence-electron chi connectivity index (χ3n) is 6.58. The van der Waals surface area contributed by atoms with Crippen LogP contribution in [0, 0.1) is 18.8 Å². The van der Waals surface area contributed by atoms with Crippen molar-refractivity contribution >= 4 is 27.7 Å². The summed E-state index contributed by atoms with van der Waals surface area (Å²) < 4.78 is 2.54. The lowest BCUT2D eigenvalue weighted by molar-refractivity contribution is -0.142. The molecule has 2 unspecified atom stereocenters. The van der Waals surface area contributed by atoms with Crippen LogP contribution in [0.4, 0.5) is 0 Å². The summed E-state index contributed by atoms with van der Waals surface area (Å²) in [7, 11) is 0. The summed E-state index contributed by atoms with van der Waals surface area (Å²) in [6, 6.07) is 5.67. The van der Waals surface area contributed by atoms with Crippen LogP contribution < -0.4 is 10.9 Å². The minimum absolute atomic E-state index is 0.107. The maximum absolute atomic E-state index is 12.6. The minimum atomic E-state index is -0.162.